The van der Waals surface area contributed by atoms with Crippen LogP contribution in [0.1, 0.15) is 56.1 Å². The van der Waals surface area contributed by atoms with Gasteiger partial charge in [0.15, 0.2) is 9.84 Å². The molecule has 178 valence electrons. The van der Waals surface area contributed by atoms with Gasteiger partial charge in [-0.15, -0.1) is 0 Å². The highest BCUT2D eigenvalue weighted by atomic mass is 32.2. The van der Waals surface area contributed by atoms with Crippen molar-refractivity contribution in [1.82, 2.24) is 24.9 Å². The van der Waals surface area contributed by atoms with Crippen LogP contribution >= 0.6 is 0 Å². The molecule has 0 N–H and O–H groups in total. The Morgan fingerprint density at radius 1 is 1.03 bits per heavy atom. The third-order valence-electron chi connectivity index (χ3n) is 5.62. The van der Waals surface area contributed by atoms with E-state index in [1.165, 1.54) is 6.20 Å². The summed E-state index contributed by atoms with van der Waals surface area (Å²) in [6.45, 7) is 4.28. The van der Waals surface area contributed by atoms with Gasteiger partial charge in [-0.05, 0) is 38.3 Å². The molecule has 3 aromatic heterocycles. The summed E-state index contributed by atoms with van der Waals surface area (Å²) in [5.74, 6) is -0.221. The Morgan fingerprint density at radius 3 is 2.50 bits per heavy atom. The Balaban J connectivity index is 1.45. The number of carbonyl (C=O) groups is 1. The van der Waals surface area contributed by atoms with Crippen molar-refractivity contribution in [3.63, 3.8) is 0 Å². The SMILES string of the molecule is CCOc1cncc(-c2ccc(CC(=O)C(CC)c3cncc(CS(=O)(=O)C4CC4)n3)nc2)n1. The number of nitrogens with zero attached hydrogens (tertiary/aromatic N) is 5. The highest BCUT2D eigenvalue weighted by Gasteiger charge is 2.36. The first-order valence-corrected chi connectivity index (χ1v) is 13.1. The summed E-state index contributed by atoms with van der Waals surface area (Å²) in [7, 11) is -3.21. The molecule has 34 heavy (non-hydrogen) atoms. The molecule has 1 fully saturated rings. The number of carbonyl (C=O) groups excluding carboxylic acids is 1. The molecule has 0 aromatic carbocycles. The quantitative estimate of drug-likeness (QED) is 0.406. The number of rotatable bonds is 11. The fourth-order valence-electron chi connectivity index (χ4n) is 3.70. The minimum Gasteiger partial charge on any atom is -0.477 e. The summed E-state index contributed by atoms with van der Waals surface area (Å²) >= 11 is 0. The van der Waals surface area contributed by atoms with Gasteiger partial charge < -0.3 is 4.74 Å². The Kier molecular flexibility index (Phi) is 7.26. The zero-order chi connectivity index (χ0) is 24.1. The number of ketones is 1. The molecular weight excluding hydrogens is 454 g/mol. The van der Waals surface area contributed by atoms with Gasteiger partial charge in [-0.1, -0.05) is 6.92 Å². The molecule has 10 heteroatoms. The molecule has 4 rings (SSSR count). The van der Waals surface area contributed by atoms with E-state index >= 15 is 0 Å². The predicted octanol–water partition coefficient (Wildman–Crippen LogP) is 3.11. The number of sulfone groups is 1. The maximum atomic E-state index is 13.1. The maximum absolute atomic E-state index is 13.1. The summed E-state index contributed by atoms with van der Waals surface area (Å²) in [4.78, 5) is 34.7. The van der Waals surface area contributed by atoms with E-state index < -0.39 is 15.8 Å². The summed E-state index contributed by atoms with van der Waals surface area (Å²) in [6, 6.07) is 3.64. The number of aromatic nitrogens is 5. The van der Waals surface area contributed by atoms with Crippen LogP contribution in [-0.4, -0.2) is 51.0 Å². The summed E-state index contributed by atoms with van der Waals surface area (Å²) in [5, 5.41) is -0.261. The number of hydrogen-bond acceptors (Lipinski definition) is 9. The van der Waals surface area contributed by atoms with Crippen LogP contribution in [-0.2, 0) is 26.8 Å². The first-order valence-electron chi connectivity index (χ1n) is 11.3. The molecule has 1 unspecified atom stereocenters. The molecule has 1 aliphatic carbocycles. The van der Waals surface area contributed by atoms with Gasteiger partial charge in [-0.25, -0.2) is 13.4 Å². The Labute approximate surface area is 199 Å². The van der Waals surface area contributed by atoms with Crippen LogP contribution in [0.2, 0.25) is 0 Å². The van der Waals surface area contributed by atoms with E-state index in [4.69, 9.17) is 4.74 Å². The number of Topliss-reactive ketones (excluding diaryl/α,β-unsaturated/α-hetero) is 1. The van der Waals surface area contributed by atoms with Crippen LogP contribution in [0.4, 0.5) is 0 Å². The third kappa shape index (κ3) is 5.80. The fourth-order valence-corrected chi connectivity index (χ4v) is 5.34. The lowest BCUT2D eigenvalue weighted by atomic mass is 9.94. The average Bonchev–Trinajstić information content (AvgIpc) is 3.67. The van der Waals surface area contributed by atoms with Gasteiger partial charge in [0.25, 0.3) is 0 Å². The van der Waals surface area contributed by atoms with Crippen molar-refractivity contribution in [2.75, 3.05) is 6.61 Å². The first-order chi connectivity index (χ1) is 16.4. The van der Waals surface area contributed by atoms with Gasteiger partial charge >= 0.3 is 0 Å². The van der Waals surface area contributed by atoms with Gasteiger partial charge in [-0.3, -0.25) is 24.7 Å². The molecular formula is C24H27N5O4S. The molecule has 3 heterocycles. The van der Waals surface area contributed by atoms with Gasteiger partial charge in [0.2, 0.25) is 5.88 Å². The normalized spacial score (nSPS) is 14.5. The number of pyridine rings is 1. The van der Waals surface area contributed by atoms with Gasteiger partial charge in [0, 0.05) is 36.3 Å². The smallest absolute Gasteiger partial charge is 0.232 e. The molecule has 0 spiro atoms. The maximum Gasteiger partial charge on any atom is 0.232 e. The molecule has 0 saturated heterocycles. The van der Waals surface area contributed by atoms with Crippen LogP contribution in [0.25, 0.3) is 11.3 Å². The molecule has 1 atom stereocenters. The Hall–Kier alpha value is -3.27. The second kappa shape index (κ2) is 10.3. The van der Waals surface area contributed by atoms with E-state index in [0.29, 0.717) is 54.5 Å². The summed E-state index contributed by atoms with van der Waals surface area (Å²) in [6.07, 6.45) is 9.94. The van der Waals surface area contributed by atoms with Gasteiger partial charge in [0.05, 0.1) is 53.0 Å². The van der Waals surface area contributed by atoms with Crippen molar-refractivity contribution in [3.05, 3.63) is 60.2 Å². The molecule has 1 saturated carbocycles. The standard InChI is InChI=1S/C24H27N5O4S/c1-3-20(22-13-25-11-18(28-22)15-34(31,32)19-7-8-19)23(30)9-17-6-5-16(10-27-17)21-12-26-14-24(29-21)33-4-2/h5-6,10-14,19-20H,3-4,7-9,15H2,1-2H3. The first kappa shape index (κ1) is 23.9. The van der Waals surface area contributed by atoms with E-state index in [2.05, 4.69) is 24.9 Å². The van der Waals surface area contributed by atoms with E-state index in [9.17, 15) is 13.2 Å². The molecule has 1 aliphatic rings. The minimum absolute atomic E-state index is 0.0441. The molecule has 0 amide bonds. The highest BCUT2D eigenvalue weighted by molar-refractivity contribution is 7.91. The van der Waals surface area contributed by atoms with Crippen molar-refractivity contribution in [2.45, 2.75) is 56.5 Å². The van der Waals surface area contributed by atoms with Gasteiger partial charge in [0.1, 0.15) is 5.78 Å². The zero-order valence-electron chi connectivity index (χ0n) is 19.2. The second-order valence-corrected chi connectivity index (χ2v) is 10.5. The van der Waals surface area contributed by atoms with Crippen LogP contribution in [0.15, 0.2) is 43.1 Å². The lowest BCUT2D eigenvalue weighted by Crippen LogP contribution is -2.18. The second-order valence-electron chi connectivity index (χ2n) is 8.26. The van der Waals surface area contributed by atoms with Gasteiger partial charge in [-0.2, -0.15) is 0 Å². The van der Waals surface area contributed by atoms with E-state index in [1.54, 1.807) is 30.9 Å². The third-order valence-corrected chi connectivity index (χ3v) is 7.80. The van der Waals surface area contributed by atoms with Crippen molar-refractivity contribution in [2.24, 2.45) is 0 Å². The van der Waals surface area contributed by atoms with Crippen molar-refractivity contribution >= 4 is 15.6 Å². The largest absolute Gasteiger partial charge is 0.477 e. The van der Waals surface area contributed by atoms with E-state index in [0.717, 1.165) is 5.56 Å². The van der Waals surface area contributed by atoms with Crippen molar-refractivity contribution in [3.8, 4) is 17.1 Å². The lowest BCUT2D eigenvalue weighted by Gasteiger charge is -2.14. The summed E-state index contributed by atoms with van der Waals surface area (Å²) in [5.41, 5.74) is 2.91. The Morgan fingerprint density at radius 2 is 1.82 bits per heavy atom. The molecule has 9 nitrogen and oxygen atoms in total. The molecule has 0 aliphatic heterocycles. The highest BCUT2D eigenvalue weighted by Crippen LogP contribution is 2.31. The lowest BCUT2D eigenvalue weighted by molar-refractivity contribution is -0.120. The van der Waals surface area contributed by atoms with Crippen LogP contribution < -0.4 is 4.74 Å². The zero-order valence-corrected chi connectivity index (χ0v) is 20.0. The molecule has 3 aromatic rings. The van der Waals surface area contributed by atoms with E-state index in [-0.39, 0.29) is 23.2 Å². The molecule has 0 radical (unpaired) electrons. The fraction of sp³-hybridized carbons (Fsp3) is 0.417. The van der Waals surface area contributed by atoms with Crippen molar-refractivity contribution in [1.29, 1.82) is 0 Å². The summed E-state index contributed by atoms with van der Waals surface area (Å²) < 4.78 is 30.0. The Bertz CT molecular complexity index is 1260. The number of ether oxygens (including phenoxy) is 1. The van der Waals surface area contributed by atoms with Crippen LogP contribution in [0, 0.1) is 0 Å². The van der Waals surface area contributed by atoms with Crippen LogP contribution in [0.3, 0.4) is 0 Å². The number of hydrogen-bond donors (Lipinski definition) is 0. The topological polar surface area (TPSA) is 125 Å². The predicted molar refractivity (Wildman–Crippen MR) is 126 cm³/mol. The average molecular weight is 482 g/mol. The van der Waals surface area contributed by atoms with Crippen LogP contribution in [0.5, 0.6) is 5.88 Å². The monoisotopic (exact) mass is 481 g/mol. The minimum atomic E-state index is -3.21. The van der Waals surface area contributed by atoms with Crippen molar-refractivity contribution < 1.29 is 17.9 Å². The molecule has 0 bridgehead atoms. The van der Waals surface area contributed by atoms with E-state index in [1.807, 2.05) is 19.9 Å².